The first-order valence-corrected chi connectivity index (χ1v) is 6.33. The van der Waals surface area contributed by atoms with Crippen LogP contribution in [0, 0.1) is 10.1 Å². The van der Waals surface area contributed by atoms with Crippen molar-refractivity contribution in [2.75, 3.05) is 7.11 Å². The number of rotatable bonds is 5. The van der Waals surface area contributed by atoms with Crippen molar-refractivity contribution in [1.82, 2.24) is 0 Å². The van der Waals surface area contributed by atoms with Crippen LogP contribution in [0.4, 0.5) is 5.69 Å². The van der Waals surface area contributed by atoms with E-state index in [2.05, 4.69) is 0 Å². The minimum Gasteiger partial charge on any atom is -0.493 e. The first-order chi connectivity index (χ1) is 10.1. The van der Waals surface area contributed by atoms with Gasteiger partial charge in [-0.25, -0.2) is 0 Å². The van der Waals surface area contributed by atoms with Crippen LogP contribution in [0.15, 0.2) is 36.4 Å². The molecule has 1 N–H and O–H groups in total. The molecule has 0 atom stereocenters. The third-order valence-corrected chi connectivity index (χ3v) is 3.17. The first-order valence-electron chi connectivity index (χ1n) is 5.95. The average Bonchev–Trinajstić information content (AvgIpc) is 2.47. The van der Waals surface area contributed by atoms with Gasteiger partial charge in [0.2, 0.25) is 0 Å². The Bertz CT molecular complexity index is 674. The zero-order chi connectivity index (χ0) is 15.4. The smallest absolute Gasteiger partial charge is 0.273 e. The Hall–Kier alpha value is -2.31. The highest BCUT2D eigenvalue weighted by atomic mass is 35.5. The van der Waals surface area contributed by atoms with Crippen molar-refractivity contribution in [1.29, 1.82) is 0 Å². The molecule has 6 nitrogen and oxygen atoms in total. The summed E-state index contributed by atoms with van der Waals surface area (Å²) < 4.78 is 10.7. The summed E-state index contributed by atoms with van der Waals surface area (Å²) in [5, 5.41) is 20.4. The number of nitro benzene ring substituents is 1. The van der Waals surface area contributed by atoms with E-state index < -0.39 is 4.92 Å². The molecule has 2 aromatic carbocycles. The molecule has 2 aromatic rings. The van der Waals surface area contributed by atoms with Gasteiger partial charge in [-0.15, -0.1) is 0 Å². The molecule has 0 aliphatic rings. The predicted octanol–water partition coefficient (Wildman–Crippen LogP) is 3.54. The molecule has 0 unspecified atom stereocenters. The summed E-state index contributed by atoms with van der Waals surface area (Å²) in [6.07, 6.45) is 0. The van der Waals surface area contributed by atoms with Gasteiger partial charge in [0, 0.05) is 16.7 Å². The molecule has 0 bridgehead atoms. The summed E-state index contributed by atoms with van der Waals surface area (Å²) in [5.74, 6) is 0.866. The van der Waals surface area contributed by atoms with Gasteiger partial charge in [0.05, 0.1) is 24.7 Å². The van der Waals surface area contributed by atoms with Crippen molar-refractivity contribution in [2.24, 2.45) is 0 Å². The Balaban J connectivity index is 2.40. The van der Waals surface area contributed by atoms with Crippen molar-refractivity contribution in [3.8, 4) is 17.2 Å². The van der Waals surface area contributed by atoms with E-state index in [1.165, 1.54) is 25.3 Å². The maximum absolute atomic E-state index is 10.7. The number of aliphatic hydroxyl groups excluding tert-OH is 1. The van der Waals surface area contributed by atoms with E-state index in [1.807, 2.05) is 0 Å². The summed E-state index contributed by atoms with van der Waals surface area (Å²) in [5.41, 5.74) is 0.326. The van der Waals surface area contributed by atoms with Crippen LogP contribution in [-0.4, -0.2) is 17.1 Å². The molecular weight excluding hydrogens is 298 g/mol. The van der Waals surface area contributed by atoms with Gasteiger partial charge in [-0.05, 0) is 18.2 Å². The molecule has 0 aromatic heterocycles. The van der Waals surface area contributed by atoms with Crippen LogP contribution in [0.2, 0.25) is 5.02 Å². The van der Waals surface area contributed by atoms with E-state index in [0.29, 0.717) is 22.1 Å². The Morgan fingerprint density at radius 1 is 1.24 bits per heavy atom. The number of ether oxygens (including phenoxy) is 2. The maximum atomic E-state index is 10.7. The summed E-state index contributed by atoms with van der Waals surface area (Å²) in [6, 6.07) is 8.94. The molecule has 0 saturated heterocycles. The average molecular weight is 310 g/mol. The quantitative estimate of drug-likeness (QED) is 0.674. The highest BCUT2D eigenvalue weighted by molar-refractivity contribution is 6.31. The lowest BCUT2D eigenvalue weighted by Crippen LogP contribution is -1.96. The fraction of sp³-hybridized carbons (Fsp3) is 0.143. The lowest BCUT2D eigenvalue weighted by atomic mass is 10.2. The summed E-state index contributed by atoms with van der Waals surface area (Å²) in [4.78, 5) is 10.2. The van der Waals surface area contributed by atoms with Gasteiger partial charge in [-0.1, -0.05) is 17.7 Å². The van der Waals surface area contributed by atoms with Gasteiger partial charge in [0.1, 0.15) is 5.75 Å². The SMILES string of the molecule is COc1cc([N+](=O)[O-])ccc1Oc1cccc(Cl)c1CO. The molecule has 0 amide bonds. The van der Waals surface area contributed by atoms with Gasteiger partial charge in [-0.3, -0.25) is 10.1 Å². The maximum Gasteiger partial charge on any atom is 0.273 e. The number of nitrogens with zero attached hydrogens (tertiary/aromatic N) is 1. The van der Waals surface area contributed by atoms with Crippen molar-refractivity contribution in [3.05, 3.63) is 57.1 Å². The molecular formula is C14H12ClNO5. The van der Waals surface area contributed by atoms with Crippen LogP contribution < -0.4 is 9.47 Å². The second-order valence-corrected chi connectivity index (χ2v) is 4.48. The van der Waals surface area contributed by atoms with Crippen LogP contribution in [-0.2, 0) is 6.61 Å². The van der Waals surface area contributed by atoms with Crippen LogP contribution >= 0.6 is 11.6 Å². The topological polar surface area (TPSA) is 81.8 Å². The number of hydrogen-bond donors (Lipinski definition) is 1. The molecule has 0 fully saturated rings. The summed E-state index contributed by atoms with van der Waals surface area (Å²) in [6.45, 7) is -0.287. The van der Waals surface area contributed by atoms with Crippen molar-refractivity contribution < 1.29 is 19.5 Å². The van der Waals surface area contributed by atoms with E-state index in [-0.39, 0.29) is 18.0 Å². The Labute approximate surface area is 125 Å². The lowest BCUT2D eigenvalue weighted by Gasteiger charge is -2.13. The molecule has 7 heteroatoms. The second-order valence-electron chi connectivity index (χ2n) is 4.07. The minimum absolute atomic E-state index is 0.104. The standard InChI is InChI=1S/C14H12ClNO5/c1-20-14-7-9(16(18)19)5-6-13(14)21-12-4-2-3-11(15)10(12)8-17/h2-7,17H,8H2,1H3. The Morgan fingerprint density at radius 2 is 2.00 bits per heavy atom. The van der Waals surface area contributed by atoms with E-state index in [9.17, 15) is 15.2 Å². The molecule has 0 heterocycles. The normalized spacial score (nSPS) is 10.2. The Morgan fingerprint density at radius 3 is 2.62 bits per heavy atom. The third kappa shape index (κ3) is 3.24. The van der Waals surface area contributed by atoms with Crippen molar-refractivity contribution in [3.63, 3.8) is 0 Å². The largest absolute Gasteiger partial charge is 0.493 e. The third-order valence-electron chi connectivity index (χ3n) is 2.81. The minimum atomic E-state index is -0.523. The molecule has 0 radical (unpaired) electrons. The number of aliphatic hydroxyl groups is 1. The van der Waals surface area contributed by atoms with E-state index in [0.717, 1.165) is 0 Å². The van der Waals surface area contributed by atoms with E-state index in [4.69, 9.17) is 21.1 Å². The van der Waals surface area contributed by atoms with Gasteiger partial charge < -0.3 is 14.6 Å². The second kappa shape index (κ2) is 6.43. The fourth-order valence-corrected chi connectivity index (χ4v) is 1.99. The van der Waals surface area contributed by atoms with E-state index >= 15 is 0 Å². The van der Waals surface area contributed by atoms with Gasteiger partial charge in [0.15, 0.2) is 11.5 Å². The highest BCUT2D eigenvalue weighted by Crippen LogP contribution is 2.37. The van der Waals surface area contributed by atoms with Crippen molar-refractivity contribution in [2.45, 2.75) is 6.61 Å². The summed E-state index contributed by atoms with van der Waals surface area (Å²) >= 11 is 5.98. The lowest BCUT2D eigenvalue weighted by molar-refractivity contribution is -0.384. The summed E-state index contributed by atoms with van der Waals surface area (Å²) in [7, 11) is 1.39. The van der Waals surface area contributed by atoms with Crippen molar-refractivity contribution >= 4 is 17.3 Å². The highest BCUT2D eigenvalue weighted by Gasteiger charge is 2.15. The fourth-order valence-electron chi connectivity index (χ4n) is 1.76. The predicted molar refractivity (Wildman–Crippen MR) is 77.1 cm³/mol. The Kier molecular flexibility index (Phi) is 4.62. The molecule has 2 rings (SSSR count). The first kappa shape index (κ1) is 15.1. The number of benzene rings is 2. The number of nitro groups is 1. The van der Waals surface area contributed by atoms with Crippen LogP contribution in [0.5, 0.6) is 17.2 Å². The number of hydrogen-bond acceptors (Lipinski definition) is 5. The number of non-ortho nitro benzene ring substituents is 1. The molecule has 110 valence electrons. The molecule has 0 spiro atoms. The molecule has 0 aliphatic heterocycles. The zero-order valence-corrected chi connectivity index (χ0v) is 11.8. The molecule has 0 aliphatic carbocycles. The van der Waals surface area contributed by atoms with Gasteiger partial charge in [-0.2, -0.15) is 0 Å². The van der Waals surface area contributed by atoms with Gasteiger partial charge in [0.25, 0.3) is 5.69 Å². The molecule has 0 saturated carbocycles. The molecule has 21 heavy (non-hydrogen) atoms. The van der Waals surface area contributed by atoms with Crippen LogP contribution in [0.1, 0.15) is 5.56 Å². The monoisotopic (exact) mass is 309 g/mol. The zero-order valence-electron chi connectivity index (χ0n) is 11.1. The van der Waals surface area contributed by atoms with Crippen LogP contribution in [0.25, 0.3) is 0 Å². The number of methoxy groups -OCH3 is 1. The number of halogens is 1. The van der Waals surface area contributed by atoms with E-state index in [1.54, 1.807) is 18.2 Å². The van der Waals surface area contributed by atoms with Crippen LogP contribution in [0.3, 0.4) is 0 Å². The van der Waals surface area contributed by atoms with Gasteiger partial charge >= 0.3 is 0 Å².